The molecule has 132 valence electrons. The van der Waals surface area contributed by atoms with E-state index in [4.69, 9.17) is 4.74 Å². The van der Waals surface area contributed by atoms with Gasteiger partial charge < -0.3 is 14.7 Å². The Balaban J connectivity index is 1.80. The van der Waals surface area contributed by atoms with Crippen LogP contribution in [0.25, 0.3) is 10.6 Å². The molecule has 2 heterocycles. The molecule has 1 aromatic carbocycles. The van der Waals surface area contributed by atoms with Crippen LogP contribution in [0.3, 0.4) is 0 Å². The highest BCUT2D eigenvalue weighted by molar-refractivity contribution is 7.13. The monoisotopic (exact) mass is 360 g/mol. The number of aliphatic carboxylic acids is 1. The molecule has 1 fully saturated rings. The Morgan fingerprint density at radius 3 is 2.68 bits per heavy atom. The lowest BCUT2D eigenvalue weighted by Crippen LogP contribution is -2.52. The van der Waals surface area contributed by atoms with Crippen LogP contribution in [0.5, 0.6) is 0 Å². The SMILES string of the molecule is CC(C)c1ccc(-c2nc(C(=O)N3CCOCC3C(=O)O)cs2)cc1. The fraction of sp³-hybridized carbons (Fsp3) is 0.389. The molecule has 1 saturated heterocycles. The van der Waals surface area contributed by atoms with Gasteiger partial charge in [-0.1, -0.05) is 38.1 Å². The molecule has 1 aliphatic rings. The third kappa shape index (κ3) is 3.72. The van der Waals surface area contributed by atoms with Gasteiger partial charge in [0.15, 0.2) is 6.04 Å². The number of hydrogen-bond donors (Lipinski definition) is 1. The highest BCUT2D eigenvalue weighted by atomic mass is 32.1. The van der Waals surface area contributed by atoms with Crippen molar-refractivity contribution >= 4 is 23.2 Å². The van der Waals surface area contributed by atoms with E-state index in [9.17, 15) is 14.7 Å². The van der Waals surface area contributed by atoms with E-state index < -0.39 is 12.0 Å². The Kier molecular flexibility index (Phi) is 5.15. The Hall–Kier alpha value is -2.25. The average Bonchev–Trinajstić information content (AvgIpc) is 3.11. The largest absolute Gasteiger partial charge is 0.480 e. The Labute approximate surface area is 150 Å². The van der Waals surface area contributed by atoms with Gasteiger partial charge in [0.25, 0.3) is 5.91 Å². The number of aromatic nitrogens is 1. The molecule has 2 aromatic rings. The number of carbonyl (C=O) groups excluding carboxylic acids is 1. The number of rotatable bonds is 4. The lowest BCUT2D eigenvalue weighted by Gasteiger charge is -2.32. The summed E-state index contributed by atoms with van der Waals surface area (Å²) in [5, 5.41) is 11.7. The van der Waals surface area contributed by atoms with Crippen LogP contribution in [0.15, 0.2) is 29.6 Å². The zero-order chi connectivity index (χ0) is 18.0. The number of carboxylic acids is 1. The summed E-state index contributed by atoms with van der Waals surface area (Å²) in [6, 6.07) is 7.15. The van der Waals surface area contributed by atoms with E-state index in [1.54, 1.807) is 5.38 Å². The minimum absolute atomic E-state index is 0.00866. The standard InChI is InChI=1S/C18H20N2O4S/c1-11(2)12-3-5-13(6-4-12)16-19-14(10-25-16)17(21)20-7-8-24-9-15(20)18(22)23/h3-6,10-11,15H,7-9H2,1-2H3,(H,22,23). The van der Waals surface area contributed by atoms with Crippen LogP contribution >= 0.6 is 11.3 Å². The predicted octanol–water partition coefficient (Wildman–Crippen LogP) is 2.86. The molecule has 0 bridgehead atoms. The number of amides is 1. The zero-order valence-corrected chi connectivity index (χ0v) is 15.0. The second-order valence-corrected chi connectivity index (χ2v) is 7.10. The summed E-state index contributed by atoms with van der Waals surface area (Å²) >= 11 is 1.38. The van der Waals surface area contributed by atoms with E-state index in [0.717, 1.165) is 10.6 Å². The number of morpholine rings is 1. The van der Waals surface area contributed by atoms with Gasteiger partial charge in [0.2, 0.25) is 0 Å². The quantitative estimate of drug-likeness (QED) is 0.907. The summed E-state index contributed by atoms with van der Waals surface area (Å²) in [6.07, 6.45) is 0. The number of carboxylic acid groups (broad SMARTS) is 1. The van der Waals surface area contributed by atoms with E-state index in [-0.39, 0.29) is 24.8 Å². The third-order valence-corrected chi connectivity index (χ3v) is 5.11. The molecule has 1 aromatic heterocycles. The van der Waals surface area contributed by atoms with Crippen molar-refractivity contribution in [3.05, 3.63) is 40.9 Å². The van der Waals surface area contributed by atoms with E-state index in [2.05, 4.69) is 31.0 Å². The molecule has 6 nitrogen and oxygen atoms in total. The van der Waals surface area contributed by atoms with Crippen molar-refractivity contribution in [2.24, 2.45) is 0 Å². The maximum atomic E-state index is 12.7. The van der Waals surface area contributed by atoms with Gasteiger partial charge in [-0.05, 0) is 11.5 Å². The summed E-state index contributed by atoms with van der Waals surface area (Å²) in [7, 11) is 0. The van der Waals surface area contributed by atoms with Gasteiger partial charge >= 0.3 is 5.97 Å². The fourth-order valence-electron chi connectivity index (χ4n) is 2.71. The fourth-order valence-corrected chi connectivity index (χ4v) is 3.51. The summed E-state index contributed by atoms with van der Waals surface area (Å²) in [6.45, 7) is 4.87. The zero-order valence-electron chi connectivity index (χ0n) is 14.1. The molecule has 0 radical (unpaired) electrons. The minimum atomic E-state index is -1.06. The molecule has 7 heteroatoms. The molecule has 1 amide bonds. The predicted molar refractivity (Wildman–Crippen MR) is 94.9 cm³/mol. The van der Waals surface area contributed by atoms with Crippen molar-refractivity contribution in [2.45, 2.75) is 25.8 Å². The van der Waals surface area contributed by atoms with Gasteiger partial charge in [0.1, 0.15) is 10.7 Å². The molecule has 0 aliphatic carbocycles. The van der Waals surface area contributed by atoms with Gasteiger partial charge in [-0.15, -0.1) is 11.3 Å². The lowest BCUT2D eigenvalue weighted by atomic mass is 10.0. The first-order valence-electron chi connectivity index (χ1n) is 8.14. The van der Waals surface area contributed by atoms with Crippen LogP contribution in [0.2, 0.25) is 0 Å². The number of nitrogens with zero attached hydrogens (tertiary/aromatic N) is 2. The summed E-state index contributed by atoms with van der Waals surface area (Å²) in [4.78, 5) is 29.7. The maximum absolute atomic E-state index is 12.7. The first kappa shape index (κ1) is 17.6. The van der Waals surface area contributed by atoms with Crippen molar-refractivity contribution in [1.29, 1.82) is 0 Å². The number of hydrogen-bond acceptors (Lipinski definition) is 5. The molecule has 0 saturated carbocycles. The molecular formula is C18H20N2O4S. The molecule has 25 heavy (non-hydrogen) atoms. The lowest BCUT2D eigenvalue weighted by molar-refractivity contribution is -0.147. The van der Waals surface area contributed by atoms with Gasteiger partial charge in [0, 0.05) is 17.5 Å². The molecule has 1 aliphatic heterocycles. The first-order chi connectivity index (χ1) is 12.0. The van der Waals surface area contributed by atoms with Crippen LogP contribution in [0.4, 0.5) is 0 Å². The van der Waals surface area contributed by atoms with Gasteiger partial charge in [0.05, 0.1) is 13.2 Å². The normalized spacial score (nSPS) is 17.7. The van der Waals surface area contributed by atoms with Crippen molar-refractivity contribution in [1.82, 2.24) is 9.88 Å². The number of thiazole rings is 1. The molecule has 1 N–H and O–H groups in total. The van der Waals surface area contributed by atoms with Crippen molar-refractivity contribution < 1.29 is 19.4 Å². The Morgan fingerprint density at radius 1 is 1.32 bits per heavy atom. The van der Waals surface area contributed by atoms with Crippen LogP contribution in [-0.4, -0.2) is 52.7 Å². The number of carbonyl (C=O) groups is 2. The second kappa shape index (κ2) is 7.33. The molecule has 1 atom stereocenters. The van der Waals surface area contributed by atoms with E-state index >= 15 is 0 Å². The van der Waals surface area contributed by atoms with Crippen LogP contribution in [0.1, 0.15) is 35.8 Å². The molecular weight excluding hydrogens is 340 g/mol. The van der Waals surface area contributed by atoms with Gasteiger partial charge in [-0.3, -0.25) is 4.79 Å². The Morgan fingerprint density at radius 2 is 2.04 bits per heavy atom. The molecule has 0 spiro atoms. The topological polar surface area (TPSA) is 79.7 Å². The highest BCUT2D eigenvalue weighted by Gasteiger charge is 2.34. The second-order valence-electron chi connectivity index (χ2n) is 6.24. The maximum Gasteiger partial charge on any atom is 0.328 e. The van der Waals surface area contributed by atoms with E-state index in [1.807, 2.05) is 12.1 Å². The Bertz CT molecular complexity index is 770. The van der Waals surface area contributed by atoms with Crippen LogP contribution in [-0.2, 0) is 9.53 Å². The minimum Gasteiger partial charge on any atom is -0.480 e. The number of benzene rings is 1. The van der Waals surface area contributed by atoms with E-state index in [1.165, 1.54) is 21.8 Å². The van der Waals surface area contributed by atoms with Crippen LogP contribution < -0.4 is 0 Å². The third-order valence-electron chi connectivity index (χ3n) is 4.22. The molecule has 1 unspecified atom stereocenters. The van der Waals surface area contributed by atoms with Crippen molar-refractivity contribution in [3.8, 4) is 10.6 Å². The highest BCUT2D eigenvalue weighted by Crippen LogP contribution is 2.26. The van der Waals surface area contributed by atoms with Gasteiger partial charge in [-0.25, -0.2) is 9.78 Å². The first-order valence-corrected chi connectivity index (χ1v) is 9.02. The number of ether oxygens (including phenoxy) is 1. The smallest absolute Gasteiger partial charge is 0.328 e. The summed E-state index contributed by atoms with van der Waals surface area (Å²) in [5.74, 6) is -0.971. The van der Waals surface area contributed by atoms with Crippen LogP contribution in [0, 0.1) is 0 Å². The van der Waals surface area contributed by atoms with Crippen molar-refractivity contribution in [2.75, 3.05) is 19.8 Å². The van der Waals surface area contributed by atoms with Crippen molar-refractivity contribution in [3.63, 3.8) is 0 Å². The summed E-state index contributed by atoms with van der Waals surface area (Å²) < 4.78 is 5.17. The van der Waals surface area contributed by atoms with E-state index in [0.29, 0.717) is 12.5 Å². The van der Waals surface area contributed by atoms with Gasteiger partial charge in [-0.2, -0.15) is 0 Å². The molecule has 3 rings (SSSR count). The average molecular weight is 360 g/mol. The summed E-state index contributed by atoms with van der Waals surface area (Å²) in [5.41, 5.74) is 2.47.